The van der Waals surface area contributed by atoms with Crippen LogP contribution in [0.2, 0.25) is 0 Å². The zero-order valence-corrected chi connectivity index (χ0v) is 10.8. The fourth-order valence-corrected chi connectivity index (χ4v) is 2.55. The molecule has 1 aliphatic heterocycles. The number of nitrogens with one attached hydrogen (secondary N) is 2. The number of fused-ring (bicyclic) bond motifs is 1. The zero-order chi connectivity index (χ0) is 13.1. The molecule has 1 aromatic carbocycles. The summed E-state index contributed by atoms with van der Waals surface area (Å²) in [7, 11) is 0. The smallest absolute Gasteiger partial charge is 0.178 e. The highest BCUT2D eigenvalue weighted by Gasteiger charge is 2.16. The van der Waals surface area contributed by atoms with E-state index in [4.69, 9.17) is 4.74 Å². The van der Waals surface area contributed by atoms with E-state index in [9.17, 15) is 4.79 Å². The number of hydrogen-bond acceptors (Lipinski definition) is 3. The summed E-state index contributed by atoms with van der Waals surface area (Å²) >= 11 is 0. The number of carbonyl (C=O) groups excluding carboxylic acids is 1. The van der Waals surface area contributed by atoms with Crippen LogP contribution in [-0.2, 0) is 4.74 Å². The molecule has 2 N–H and O–H groups in total. The van der Waals surface area contributed by atoms with E-state index < -0.39 is 0 Å². The van der Waals surface area contributed by atoms with E-state index in [1.165, 1.54) is 0 Å². The highest BCUT2D eigenvalue weighted by Crippen LogP contribution is 2.17. The Morgan fingerprint density at radius 3 is 3.16 bits per heavy atom. The van der Waals surface area contributed by atoms with Gasteiger partial charge in [0, 0.05) is 35.8 Å². The lowest BCUT2D eigenvalue weighted by atomic mass is 10.1. The van der Waals surface area contributed by atoms with Crippen molar-refractivity contribution in [2.45, 2.75) is 18.9 Å². The number of aromatic nitrogens is 1. The molecule has 19 heavy (non-hydrogen) atoms. The van der Waals surface area contributed by atoms with Crippen LogP contribution in [0.1, 0.15) is 23.2 Å². The summed E-state index contributed by atoms with van der Waals surface area (Å²) in [5.41, 5.74) is 1.76. The van der Waals surface area contributed by atoms with Crippen LogP contribution in [0.3, 0.4) is 0 Å². The minimum atomic E-state index is 0.121. The Bertz CT molecular complexity index is 570. The Morgan fingerprint density at radius 1 is 1.42 bits per heavy atom. The molecule has 0 radical (unpaired) electrons. The number of ether oxygens (including phenoxy) is 1. The second-order valence-corrected chi connectivity index (χ2v) is 4.94. The van der Waals surface area contributed by atoms with Gasteiger partial charge in [0.1, 0.15) is 0 Å². The molecular weight excluding hydrogens is 240 g/mol. The van der Waals surface area contributed by atoms with Crippen LogP contribution in [0.4, 0.5) is 0 Å². The van der Waals surface area contributed by atoms with Crippen LogP contribution in [0.5, 0.6) is 0 Å². The molecule has 0 saturated carbocycles. The van der Waals surface area contributed by atoms with Crippen LogP contribution in [0.15, 0.2) is 30.5 Å². The van der Waals surface area contributed by atoms with Crippen molar-refractivity contribution >= 4 is 16.7 Å². The van der Waals surface area contributed by atoms with Gasteiger partial charge in [-0.2, -0.15) is 0 Å². The predicted octanol–water partition coefficient (Wildman–Crippen LogP) is 2.12. The molecule has 1 unspecified atom stereocenters. The molecule has 0 spiro atoms. The largest absolute Gasteiger partial charge is 0.377 e. The summed E-state index contributed by atoms with van der Waals surface area (Å²) in [4.78, 5) is 15.3. The predicted molar refractivity (Wildman–Crippen MR) is 74.5 cm³/mol. The first kappa shape index (κ1) is 12.4. The Hall–Kier alpha value is -1.65. The van der Waals surface area contributed by atoms with E-state index in [2.05, 4.69) is 10.3 Å². The maximum atomic E-state index is 12.2. The summed E-state index contributed by atoms with van der Waals surface area (Å²) in [6.45, 7) is 1.97. The van der Waals surface area contributed by atoms with Gasteiger partial charge in [0.15, 0.2) is 5.78 Å². The number of benzene rings is 1. The molecule has 1 atom stereocenters. The molecule has 0 aliphatic carbocycles. The maximum absolute atomic E-state index is 12.2. The first-order chi connectivity index (χ1) is 9.34. The Morgan fingerprint density at radius 2 is 2.32 bits per heavy atom. The third kappa shape index (κ3) is 2.69. The lowest BCUT2D eigenvalue weighted by Crippen LogP contribution is -2.30. The van der Waals surface area contributed by atoms with Gasteiger partial charge in [-0.25, -0.2) is 0 Å². The summed E-state index contributed by atoms with van der Waals surface area (Å²) in [6, 6.07) is 7.86. The van der Waals surface area contributed by atoms with E-state index in [1.807, 2.05) is 24.3 Å². The SMILES string of the molecule is O=C(CNCC1CCCO1)c1c[nH]c2ccccc12. The summed E-state index contributed by atoms with van der Waals surface area (Å²) in [5, 5.41) is 4.18. The highest BCUT2D eigenvalue weighted by molar-refractivity contribution is 6.08. The average molecular weight is 258 g/mol. The molecule has 1 aliphatic rings. The average Bonchev–Trinajstić information content (AvgIpc) is 3.07. The molecule has 3 rings (SSSR count). The molecule has 4 nitrogen and oxygen atoms in total. The topological polar surface area (TPSA) is 54.1 Å². The van der Waals surface area contributed by atoms with Gasteiger partial charge in [0.2, 0.25) is 0 Å². The molecule has 1 aromatic heterocycles. The van der Waals surface area contributed by atoms with Crippen LogP contribution in [0.25, 0.3) is 10.9 Å². The zero-order valence-electron chi connectivity index (χ0n) is 10.8. The quantitative estimate of drug-likeness (QED) is 0.808. The first-order valence-corrected chi connectivity index (χ1v) is 6.76. The second kappa shape index (κ2) is 5.55. The number of ketones is 1. The lowest BCUT2D eigenvalue weighted by Gasteiger charge is -2.09. The van der Waals surface area contributed by atoms with E-state index >= 15 is 0 Å². The van der Waals surface area contributed by atoms with Gasteiger partial charge in [-0.1, -0.05) is 18.2 Å². The van der Waals surface area contributed by atoms with Crippen molar-refractivity contribution < 1.29 is 9.53 Å². The highest BCUT2D eigenvalue weighted by atomic mass is 16.5. The van der Waals surface area contributed by atoms with E-state index in [0.717, 1.165) is 42.5 Å². The van der Waals surface area contributed by atoms with Gasteiger partial charge in [-0.15, -0.1) is 0 Å². The molecule has 1 fully saturated rings. The molecule has 4 heteroatoms. The minimum absolute atomic E-state index is 0.121. The lowest BCUT2D eigenvalue weighted by molar-refractivity contribution is 0.0957. The Kier molecular flexibility index (Phi) is 3.62. The fourth-order valence-electron chi connectivity index (χ4n) is 2.55. The number of rotatable bonds is 5. The number of aromatic amines is 1. The third-order valence-corrected chi connectivity index (χ3v) is 3.57. The van der Waals surface area contributed by atoms with Crippen molar-refractivity contribution in [2.24, 2.45) is 0 Å². The minimum Gasteiger partial charge on any atom is -0.377 e. The number of carbonyl (C=O) groups is 1. The molecule has 1 saturated heterocycles. The van der Waals surface area contributed by atoms with Crippen molar-refractivity contribution in [1.29, 1.82) is 0 Å². The van der Waals surface area contributed by atoms with Crippen LogP contribution < -0.4 is 5.32 Å². The van der Waals surface area contributed by atoms with Gasteiger partial charge in [0.05, 0.1) is 12.6 Å². The number of Topliss-reactive ketones (excluding diaryl/α,β-unsaturated/α-hetero) is 1. The normalized spacial score (nSPS) is 19.1. The number of H-pyrrole nitrogens is 1. The monoisotopic (exact) mass is 258 g/mol. The van der Waals surface area contributed by atoms with Gasteiger partial charge in [-0.05, 0) is 18.9 Å². The fraction of sp³-hybridized carbons (Fsp3) is 0.400. The summed E-state index contributed by atoms with van der Waals surface area (Å²) < 4.78 is 5.52. The summed E-state index contributed by atoms with van der Waals surface area (Å²) in [5.74, 6) is 0.121. The van der Waals surface area contributed by atoms with Crippen LogP contribution in [-0.4, -0.2) is 36.6 Å². The van der Waals surface area contributed by atoms with Crippen molar-refractivity contribution in [3.8, 4) is 0 Å². The van der Waals surface area contributed by atoms with Crippen LogP contribution in [0, 0.1) is 0 Å². The third-order valence-electron chi connectivity index (χ3n) is 3.57. The molecule has 2 aromatic rings. The van der Waals surface area contributed by atoms with E-state index in [1.54, 1.807) is 6.20 Å². The molecule has 0 bridgehead atoms. The van der Waals surface area contributed by atoms with Gasteiger partial charge in [-0.3, -0.25) is 4.79 Å². The molecular formula is C15H18N2O2. The standard InChI is InChI=1S/C15H18N2O2/c18-15(10-16-8-11-4-3-7-19-11)13-9-17-14-6-2-1-5-12(13)14/h1-2,5-6,9,11,16-17H,3-4,7-8,10H2. The van der Waals surface area contributed by atoms with Crippen molar-refractivity contribution in [3.63, 3.8) is 0 Å². The summed E-state index contributed by atoms with van der Waals surface area (Å²) in [6.07, 6.45) is 4.29. The molecule has 0 amide bonds. The van der Waals surface area contributed by atoms with Crippen LogP contribution >= 0.6 is 0 Å². The van der Waals surface area contributed by atoms with Crippen molar-refractivity contribution in [3.05, 3.63) is 36.0 Å². The van der Waals surface area contributed by atoms with E-state index in [-0.39, 0.29) is 11.9 Å². The van der Waals surface area contributed by atoms with Gasteiger partial charge < -0.3 is 15.0 Å². The van der Waals surface area contributed by atoms with E-state index in [0.29, 0.717) is 6.54 Å². The first-order valence-electron chi connectivity index (χ1n) is 6.76. The van der Waals surface area contributed by atoms with Crippen molar-refractivity contribution in [2.75, 3.05) is 19.7 Å². The molecule has 100 valence electrons. The Balaban J connectivity index is 1.60. The maximum Gasteiger partial charge on any atom is 0.178 e. The number of hydrogen-bond donors (Lipinski definition) is 2. The second-order valence-electron chi connectivity index (χ2n) is 4.94. The Labute approximate surface area is 112 Å². The molecule has 2 heterocycles. The van der Waals surface area contributed by atoms with Crippen molar-refractivity contribution in [1.82, 2.24) is 10.3 Å². The van der Waals surface area contributed by atoms with Gasteiger partial charge in [0.25, 0.3) is 0 Å². The number of para-hydroxylation sites is 1. The van der Waals surface area contributed by atoms with Gasteiger partial charge >= 0.3 is 0 Å².